The Bertz CT molecular complexity index is 1610. The van der Waals surface area contributed by atoms with Crippen LogP contribution in [0.3, 0.4) is 0 Å². The van der Waals surface area contributed by atoms with Crippen molar-refractivity contribution in [1.29, 1.82) is 0 Å². The number of nitrogens with one attached hydrogen (secondary N) is 1. The fourth-order valence-corrected chi connectivity index (χ4v) is 6.12. The number of hydrogen-bond acceptors (Lipinski definition) is 8. The lowest BCUT2D eigenvalue weighted by atomic mass is 9.82. The molecule has 0 aromatic heterocycles. The molecule has 2 unspecified atom stereocenters. The summed E-state index contributed by atoms with van der Waals surface area (Å²) in [5.41, 5.74) is 9.04. The van der Waals surface area contributed by atoms with E-state index in [-0.39, 0.29) is 24.8 Å². The molecule has 0 saturated heterocycles. The zero-order chi connectivity index (χ0) is 29.8. The Labute approximate surface area is 253 Å². The highest BCUT2D eigenvalue weighted by Gasteiger charge is 2.40. The van der Waals surface area contributed by atoms with Crippen molar-refractivity contribution in [3.8, 4) is 5.75 Å². The van der Waals surface area contributed by atoms with E-state index in [1.807, 2.05) is 42.5 Å². The molecule has 2 aliphatic rings. The predicted molar refractivity (Wildman–Crippen MR) is 165 cm³/mol. The van der Waals surface area contributed by atoms with Gasteiger partial charge in [-0.2, -0.15) is 0 Å². The Hall–Kier alpha value is -3.25. The van der Waals surface area contributed by atoms with Gasteiger partial charge in [-0.3, -0.25) is 5.73 Å². The molecule has 11 heteroatoms. The van der Waals surface area contributed by atoms with Crippen LogP contribution < -0.4 is 15.8 Å². The monoisotopic (exact) mass is 657 g/mol. The number of benzene rings is 3. The Balaban J connectivity index is 1.42. The van der Waals surface area contributed by atoms with E-state index < -0.39 is 21.1 Å². The predicted octanol–water partition coefficient (Wildman–Crippen LogP) is 5.75. The second-order valence-corrected chi connectivity index (χ2v) is 13.6. The number of ether oxygens (including phenoxy) is 3. The van der Waals surface area contributed by atoms with Gasteiger partial charge >= 0.3 is 0 Å². The normalized spacial score (nSPS) is 21.0. The van der Waals surface area contributed by atoms with Crippen molar-refractivity contribution < 1.29 is 27.0 Å². The van der Waals surface area contributed by atoms with Gasteiger partial charge < -0.3 is 19.5 Å². The van der Waals surface area contributed by atoms with Gasteiger partial charge in [0.25, 0.3) is 0 Å². The first kappa shape index (κ1) is 30.2. The van der Waals surface area contributed by atoms with Gasteiger partial charge in [-0.1, -0.05) is 30.3 Å². The average molecular weight is 659 g/mol. The zero-order valence-electron chi connectivity index (χ0n) is 23.2. The van der Waals surface area contributed by atoms with Crippen LogP contribution in [-0.4, -0.2) is 40.0 Å². The molecule has 8 nitrogen and oxygen atoms in total. The van der Waals surface area contributed by atoms with Crippen molar-refractivity contribution >= 4 is 37.8 Å². The minimum atomic E-state index is -3.07. The van der Waals surface area contributed by atoms with E-state index in [2.05, 4.69) is 21.2 Å². The highest BCUT2D eigenvalue weighted by atomic mass is 79.9. The van der Waals surface area contributed by atoms with E-state index in [1.54, 1.807) is 24.7 Å². The van der Waals surface area contributed by atoms with E-state index in [4.69, 9.17) is 24.9 Å². The van der Waals surface area contributed by atoms with E-state index in [0.29, 0.717) is 47.2 Å². The lowest BCUT2D eigenvalue weighted by molar-refractivity contribution is 0.0208. The number of rotatable bonds is 12. The maximum absolute atomic E-state index is 13.8. The maximum atomic E-state index is 13.8. The zero-order valence-corrected chi connectivity index (χ0v) is 25.6. The first-order chi connectivity index (χ1) is 20.1. The molecule has 3 aromatic carbocycles. The van der Waals surface area contributed by atoms with Crippen LogP contribution in [0.1, 0.15) is 41.5 Å². The van der Waals surface area contributed by atoms with Crippen LogP contribution in [0.15, 0.2) is 82.5 Å². The fraction of sp³-hybridized carbons (Fsp3) is 0.323. The molecule has 0 radical (unpaired) electrons. The SMILES string of the molecule is CS(=O)(=O)CCOCCCC1(c2ccc3c(c2)C(N)(c2cccc(Br)c2OCc2cccc(F)c2)N=CN3)CC=CO1. The molecule has 2 aliphatic heterocycles. The number of anilines is 1. The third-order valence-corrected chi connectivity index (χ3v) is 8.93. The van der Waals surface area contributed by atoms with E-state index in [0.717, 1.165) is 16.8 Å². The summed E-state index contributed by atoms with van der Waals surface area (Å²) in [6.45, 7) is 0.731. The summed E-state index contributed by atoms with van der Waals surface area (Å²) in [6.07, 6.45) is 8.48. The van der Waals surface area contributed by atoms with Gasteiger partial charge in [-0.05, 0) is 76.3 Å². The van der Waals surface area contributed by atoms with Crippen molar-refractivity contribution in [3.63, 3.8) is 0 Å². The van der Waals surface area contributed by atoms with Gasteiger partial charge in [0.1, 0.15) is 33.6 Å². The molecule has 0 fully saturated rings. The number of fused-ring (bicyclic) bond motifs is 1. The van der Waals surface area contributed by atoms with Crippen LogP contribution in [0, 0.1) is 5.82 Å². The molecular weight excluding hydrogens is 625 g/mol. The number of halogens is 2. The molecule has 222 valence electrons. The molecule has 3 aromatic rings. The number of nitrogens with zero attached hydrogens (tertiary/aromatic N) is 1. The van der Waals surface area contributed by atoms with Gasteiger partial charge in [0.15, 0.2) is 5.66 Å². The quantitative estimate of drug-likeness (QED) is 0.239. The number of sulfone groups is 1. The maximum Gasteiger partial charge on any atom is 0.167 e. The largest absolute Gasteiger partial charge is 0.490 e. The Morgan fingerprint density at radius 3 is 2.71 bits per heavy atom. The molecule has 0 bridgehead atoms. The molecule has 0 amide bonds. The Morgan fingerprint density at radius 1 is 1.12 bits per heavy atom. The summed E-state index contributed by atoms with van der Waals surface area (Å²) < 4.78 is 55.2. The summed E-state index contributed by atoms with van der Waals surface area (Å²) in [4.78, 5) is 4.71. The summed E-state index contributed by atoms with van der Waals surface area (Å²) in [5.74, 6) is 0.178. The Kier molecular flexibility index (Phi) is 9.03. The van der Waals surface area contributed by atoms with Gasteiger partial charge in [0.05, 0.1) is 29.4 Å². The first-order valence-corrected chi connectivity index (χ1v) is 16.4. The molecule has 0 spiro atoms. The molecule has 42 heavy (non-hydrogen) atoms. The van der Waals surface area contributed by atoms with E-state index >= 15 is 0 Å². The summed E-state index contributed by atoms with van der Waals surface area (Å²) in [5, 5.41) is 3.20. The average Bonchev–Trinajstić information content (AvgIpc) is 3.44. The van der Waals surface area contributed by atoms with Crippen LogP contribution in [-0.2, 0) is 37.2 Å². The van der Waals surface area contributed by atoms with E-state index in [9.17, 15) is 12.8 Å². The smallest absolute Gasteiger partial charge is 0.167 e. The van der Waals surface area contributed by atoms with Crippen molar-refractivity contribution in [1.82, 2.24) is 0 Å². The number of para-hydroxylation sites is 1. The van der Waals surface area contributed by atoms with Crippen molar-refractivity contribution in [3.05, 3.63) is 106 Å². The van der Waals surface area contributed by atoms with Crippen molar-refractivity contribution in [2.24, 2.45) is 10.7 Å². The van der Waals surface area contributed by atoms with Crippen LogP contribution in [0.2, 0.25) is 0 Å². The van der Waals surface area contributed by atoms with Gasteiger partial charge in [0, 0.05) is 36.1 Å². The summed E-state index contributed by atoms with van der Waals surface area (Å²) in [7, 11) is -3.07. The lowest BCUT2D eigenvalue weighted by Gasteiger charge is -2.35. The number of hydrogen-bond donors (Lipinski definition) is 2. The molecule has 3 N–H and O–H groups in total. The third kappa shape index (κ3) is 6.70. The molecule has 0 saturated carbocycles. The highest BCUT2D eigenvalue weighted by molar-refractivity contribution is 9.10. The van der Waals surface area contributed by atoms with Gasteiger partial charge in [-0.15, -0.1) is 0 Å². The molecule has 0 aliphatic carbocycles. The fourth-order valence-electron chi connectivity index (χ4n) is 5.22. The van der Waals surface area contributed by atoms with Gasteiger partial charge in [-0.25, -0.2) is 17.8 Å². The number of nitrogens with two attached hydrogens (primary N) is 1. The molecule has 2 atom stereocenters. The topological polar surface area (TPSA) is 112 Å². The lowest BCUT2D eigenvalue weighted by Crippen LogP contribution is -2.40. The van der Waals surface area contributed by atoms with Gasteiger partial charge in [0.2, 0.25) is 0 Å². The summed E-state index contributed by atoms with van der Waals surface area (Å²) >= 11 is 3.60. The van der Waals surface area contributed by atoms with Crippen molar-refractivity contribution in [2.45, 2.75) is 37.1 Å². The number of aliphatic imine (C=N–C) groups is 1. The first-order valence-electron chi connectivity index (χ1n) is 13.6. The standard InChI is InChI=1S/C31H33BrFN3O5S/c1-42(37,38)17-16-39-14-4-12-30(13-5-15-41-30)23-10-11-28-26(19-23)31(34,36-21-35-28)25-8-3-9-27(32)29(25)40-20-22-6-2-7-24(33)18-22/h2-3,5-11,15,18-19,21H,4,12-14,16-17,20,34H2,1H3,(H,35,36). The Morgan fingerprint density at radius 2 is 1.95 bits per heavy atom. The molecular formula is C31H33BrFN3O5S. The minimum absolute atomic E-state index is 0.00331. The van der Waals surface area contributed by atoms with E-state index in [1.165, 1.54) is 18.4 Å². The second kappa shape index (κ2) is 12.5. The minimum Gasteiger partial charge on any atom is -0.490 e. The van der Waals surface area contributed by atoms with Crippen LogP contribution in [0.4, 0.5) is 10.1 Å². The molecule has 2 heterocycles. The van der Waals surface area contributed by atoms with Crippen LogP contribution >= 0.6 is 15.9 Å². The van der Waals surface area contributed by atoms with Crippen molar-refractivity contribution in [2.75, 3.05) is 30.5 Å². The third-order valence-electron chi connectivity index (χ3n) is 7.40. The summed E-state index contributed by atoms with van der Waals surface area (Å²) in [6, 6.07) is 17.9. The molecule has 5 rings (SSSR count). The highest BCUT2D eigenvalue weighted by Crippen LogP contribution is 2.46. The second-order valence-electron chi connectivity index (χ2n) is 10.5. The van der Waals surface area contributed by atoms with Crippen LogP contribution in [0.5, 0.6) is 5.75 Å². The van der Waals surface area contributed by atoms with Crippen LogP contribution in [0.25, 0.3) is 0 Å².